The number of hydrogen-bond donors (Lipinski definition) is 2. The van der Waals surface area contributed by atoms with E-state index in [1.165, 1.54) is 7.11 Å². The van der Waals surface area contributed by atoms with E-state index in [2.05, 4.69) is 10.4 Å². The van der Waals surface area contributed by atoms with Crippen LogP contribution in [-0.2, 0) is 9.53 Å². The topological polar surface area (TPSA) is 93.5 Å². The standard InChI is InChI=1S/C18H23N3O4/c1-12-5-7-14(8-6-12)21-13(2)9-15(20-21)17(24)19-18(3,11-25-4)10-16(22)23/h5-9H,10-11H2,1-4H3,(H,19,24)(H,22,23). The van der Waals surface area contributed by atoms with Gasteiger partial charge < -0.3 is 15.2 Å². The van der Waals surface area contributed by atoms with Crippen molar-refractivity contribution in [3.05, 3.63) is 47.3 Å². The molecule has 25 heavy (non-hydrogen) atoms. The Hall–Kier alpha value is -2.67. The molecular weight excluding hydrogens is 322 g/mol. The molecule has 0 aliphatic rings. The van der Waals surface area contributed by atoms with Crippen molar-refractivity contribution in [1.82, 2.24) is 15.1 Å². The number of nitrogens with one attached hydrogen (secondary N) is 1. The first-order valence-corrected chi connectivity index (χ1v) is 7.91. The zero-order chi connectivity index (χ0) is 18.6. The van der Waals surface area contributed by atoms with Gasteiger partial charge in [0.2, 0.25) is 0 Å². The van der Waals surface area contributed by atoms with E-state index in [-0.39, 0.29) is 18.7 Å². The maximum atomic E-state index is 12.5. The second-order valence-electron chi connectivity index (χ2n) is 6.44. The zero-order valence-corrected chi connectivity index (χ0v) is 14.9. The molecule has 1 unspecified atom stereocenters. The molecule has 7 nitrogen and oxygen atoms in total. The largest absolute Gasteiger partial charge is 0.481 e. The first kappa shape index (κ1) is 18.7. The van der Waals surface area contributed by atoms with Gasteiger partial charge in [-0.05, 0) is 39.0 Å². The van der Waals surface area contributed by atoms with Crippen LogP contribution in [0.3, 0.4) is 0 Å². The lowest BCUT2D eigenvalue weighted by atomic mass is 9.98. The summed E-state index contributed by atoms with van der Waals surface area (Å²) in [5.41, 5.74) is 2.01. The molecule has 0 aliphatic carbocycles. The maximum absolute atomic E-state index is 12.5. The normalized spacial score (nSPS) is 13.3. The summed E-state index contributed by atoms with van der Waals surface area (Å²) in [5.74, 6) is -1.45. The fourth-order valence-electron chi connectivity index (χ4n) is 2.65. The second kappa shape index (κ2) is 7.48. The smallest absolute Gasteiger partial charge is 0.305 e. The Labute approximate surface area is 146 Å². The van der Waals surface area contributed by atoms with Gasteiger partial charge in [-0.25, -0.2) is 4.68 Å². The Morgan fingerprint density at radius 2 is 1.92 bits per heavy atom. The van der Waals surface area contributed by atoms with E-state index in [1.807, 2.05) is 38.1 Å². The van der Waals surface area contributed by atoms with Gasteiger partial charge in [0, 0.05) is 12.8 Å². The van der Waals surface area contributed by atoms with Crippen molar-refractivity contribution in [3.63, 3.8) is 0 Å². The molecular formula is C18H23N3O4. The zero-order valence-electron chi connectivity index (χ0n) is 14.9. The molecule has 0 spiro atoms. The van der Waals surface area contributed by atoms with Crippen molar-refractivity contribution in [1.29, 1.82) is 0 Å². The number of aromatic nitrogens is 2. The highest BCUT2D eigenvalue weighted by Crippen LogP contribution is 2.15. The predicted molar refractivity (Wildman–Crippen MR) is 93.0 cm³/mol. The Kier molecular flexibility index (Phi) is 5.58. The average Bonchev–Trinajstić information content (AvgIpc) is 2.89. The summed E-state index contributed by atoms with van der Waals surface area (Å²) >= 11 is 0. The van der Waals surface area contributed by atoms with Crippen molar-refractivity contribution >= 4 is 11.9 Å². The lowest BCUT2D eigenvalue weighted by molar-refractivity contribution is -0.139. The molecule has 2 rings (SSSR count). The molecule has 0 aliphatic heterocycles. The number of benzene rings is 1. The minimum absolute atomic E-state index is 0.0860. The molecule has 0 saturated carbocycles. The molecule has 0 bridgehead atoms. The Morgan fingerprint density at radius 3 is 2.48 bits per heavy atom. The first-order valence-electron chi connectivity index (χ1n) is 7.91. The van der Waals surface area contributed by atoms with Crippen LogP contribution in [0.5, 0.6) is 0 Å². The highest BCUT2D eigenvalue weighted by molar-refractivity contribution is 5.93. The molecule has 0 radical (unpaired) electrons. The van der Waals surface area contributed by atoms with Crippen LogP contribution in [0.4, 0.5) is 0 Å². The van der Waals surface area contributed by atoms with Gasteiger partial charge in [0.05, 0.1) is 24.3 Å². The van der Waals surface area contributed by atoms with Crippen molar-refractivity contribution in [3.8, 4) is 5.69 Å². The monoisotopic (exact) mass is 345 g/mol. The number of carboxylic acid groups (broad SMARTS) is 1. The van der Waals surface area contributed by atoms with Gasteiger partial charge in [-0.3, -0.25) is 9.59 Å². The number of carbonyl (C=O) groups is 2. The third kappa shape index (κ3) is 4.67. The summed E-state index contributed by atoms with van der Waals surface area (Å²) in [6, 6.07) is 9.47. The molecule has 1 aromatic carbocycles. The van der Waals surface area contributed by atoms with Crippen LogP contribution in [-0.4, -0.2) is 46.0 Å². The summed E-state index contributed by atoms with van der Waals surface area (Å²) in [4.78, 5) is 23.6. The van der Waals surface area contributed by atoms with Crippen LogP contribution in [0.2, 0.25) is 0 Å². The number of hydrogen-bond acceptors (Lipinski definition) is 4. The predicted octanol–water partition coefficient (Wildman–Crippen LogP) is 2.10. The number of methoxy groups -OCH3 is 1. The number of ether oxygens (including phenoxy) is 1. The number of carbonyl (C=O) groups excluding carboxylic acids is 1. The van der Waals surface area contributed by atoms with Crippen molar-refractivity contribution in [2.45, 2.75) is 32.7 Å². The number of nitrogens with zero attached hydrogens (tertiary/aromatic N) is 2. The van der Waals surface area contributed by atoms with Gasteiger partial charge in [0.25, 0.3) is 5.91 Å². The fourth-order valence-corrected chi connectivity index (χ4v) is 2.65. The van der Waals surface area contributed by atoms with Gasteiger partial charge in [-0.1, -0.05) is 17.7 Å². The van der Waals surface area contributed by atoms with E-state index in [0.29, 0.717) is 0 Å². The molecule has 1 atom stereocenters. The maximum Gasteiger partial charge on any atom is 0.305 e. The lowest BCUT2D eigenvalue weighted by Crippen LogP contribution is -2.50. The molecule has 2 aromatic rings. The Balaban J connectivity index is 2.23. The van der Waals surface area contributed by atoms with Crippen molar-refractivity contribution in [2.75, 3.05) is 13.7 Å². The summed E-state index contributed by atoms with van der Waals surface area (Å²) < 4.78 is 6.73. The second-order valence-corrected chi connectivity index (χ2v) is 6.44. The fraction of sp³-hybridized carbons (Fsp3) is 0.389. The molecule has 0 saturated heterocycles. The minimum atomic E-state index is -1.01. The highest BCUT2D eigenvalue weighted by Gasteiger charge is 2.30. The van der Waals surface area contributed by atoms with Gasteiger partial charge in [-0.2, -0.15) is 5.10 Å². The van der Waals surface area contributed by atoms with E-state index in [1.54, 1.807) is 17.7 Å². The number of aliphatic carboxylic acids is 1. The van der Waals surface area contributed by atoms with E-state index in [0.717, 1.165) is 16.9 Å². The number of amides is 1. The van der Waals surface area contributed by atoms with E-state index >= 15 is 0 Å². The summed E-state index contributed by atoms with van der Waals surface area (Å²) in [6.45, 7) is 5.57. The van der Waals surface area contributed by atoms with Crippen LogP contribution in [0.1, 0.15) is 35.1 Å². The van der Waals surface area contributed by atoms with Crippen LogP contribution in [0, 0.1) is 13.8 Å². The molecule has 1 aromatic heterocycles. The number of carboxylic acids is 1. The molecule has 1 amide bonds. The van der Waals surface area contributed by atoms with Gasteiger partial charge in [0.1, 0.15) is 0 Å². The Bertz CT molecular complexity index is 767. The summed E-state index contributed by atoms with van der Waals surface area (Å²) in [5, 5.41) is 16.1. The van der Waals surface area contributed by atoms with Crippen LogP contribution >= 0.6 is 0 Å². The number of aryl methyl sites for hydroxylation is 2. The summed E-state index contributed by atoms with van der Waals surface area (Å²) in [7, 11) is 1.46. The molecule has 7 heteroatoms. The van der Waals surface area contributed by atoms with E-state index in [9.17, 15) is 9.59 Å². The van der Waals surface area contributed by atoms with Crippen molar-refractivity contribution < 1.29 is 19.4 Å². The van der Waals surface area contributed by atoms with Gasteiger partial charge >= 0.3 is 5.97 Å². The minimum Gasteiger partial charge on any atom is -0.481 e. The lowest BCUT2D eigenvalue weighted by Gasteiger charge is -2.28. The first-order chi connectivity index (χ1) is 11.7. The third-order valence-electron chi connectivity index (χ3n) is 3.82. The molecule has 0 fully saturated rings. The molecule has 2 N–H and O–H groups in total. The van der Waals surface area contributed by atoms with E-state index < -0.39 is 17.4 Å². The SMILES string of the molecule is COCC(C)(CC(=O)O)NC(=O)c1cc(C)n(-c2ccc(C)cc2)n1. The van der Waals surface area contributed by atoms with E-state index in [4.69, 9.17) is 9.84 Å². The third-order valence-corrected chi connectivity index (χ3v) is 3.82. The van der Waals surface area contributed by atoms with Gasteiger partial charge in [-0.15, -0.1) is 0 Å². The average molecular weight is 345 g/mol. The van der Waals surface area contributed by atoms with Crippen molar-refractivity contribution in [2.24, 2.45) is 0 Å². The highest BCUT2D eigenvalue weighted by atomic mass is 16.5. The molecule has 1 heterocycles. The van der Waals surface area contributed by atoms with Crippen LogP contribution in [0.15, 0.2) is 30.3 Å². The van der Waals surface area contributed by atoms with Crippen LogP contribution < -0.4 is 5.32 Å². The van der Waals surface area contributed by atoms with Gasteiger partial charge in [0.15, 0.2) is 5.69 Å². The van der Waals surface area contributed by atoms with Crippen LogP contribution in [0.25, 0.3) is 5.69 Å². The Morgan fingerprint density at radius 1 is 1.28 bits per heavy atom. The number of rotatable bonds is 7. The quantitative estimate of drug-likeness (QED) is 0.801. The molecule has 134 valence electrons. The summed E-state index contributed by atoms with van der Waals surface area (Å²) in [6.07, 6.45) is -0.246.